The maximum Gasteiger partial charge on any atom is 0.226 e. The number of benzene rings is 6. The number of aryl methyl sites for hydroxylation is 3. The predicted molar refractivity (Wildman–Crippen MR) is 261 cm³/mol. The second-order valence-electron chi connectivity index (χ2n) is 19.7. The molecule has 0 saturated heterocycles. The highest BCUT2D eigenvalue weighted by atomic mass is 19.2. The quantitative estimate of drug-likeness (QED) is 0.0549. The molecule has 0 saturated carbocycles. The molecule has 6 aromatic carbocycles. The Labute approximate surface area is 432 Å². The van der Waals surface area contributed by atoms with E-state index in [-0.39, 0.29) is 0 Å². The summed E-state index contributed by atoms with van der Waals surface area (Å²) in [5.41, 5.74) is 9.46. The van der Waals surface area contributed by atoms with Crippen molar-refractivity contribution in [2.45, 2.75) is 83.1 Å². The lowest BCUT2D eigenvalue weighted by molar-refractivity contribution is -0.479. The largest absolute Gasteiger partial charge is 0.907 e. The number of rotatable bonds is 6. The monoisotopic (exact) mass is 1090 g/mol. The third kappa shape index (κ3) is 11.7. The molecule has 0 unspecified atom stereocenters. The molecule has 0 aliphatic carbocycles. The van der Waals surface area contributed by atoms with Gasteiger partial charge in [0.1, 0.15) is 17.1 Å². The summed E-state index contributed by atoms with van der Waals surface area (Å²) in [6.07, 6.45) is 0. The minimum atomic E-state index is -2.92. The average molecular weight is 1090 g/mol. The van der Waals surface area contributed by atoms with Crippen molar-refractivity contribution >= 4 is 41.4 Å². The van der Waals surface area contributed by atoms with E-state index in [2.05, 4.69) is 0 Å². The molecule has 0 radical (unpaired) electrons. The maximum atomic E-state index is 14.3. The van der Waals surface area contributed by atoms with Crippen molar-refractivity contribution in [3.63, 3.8) is 0 Å². The van der Waals surface area contributed by atoms with Crippen LogP contribution < -0.4 is 28.5 Å². The van der Waals surface area contributed by atoms with Gasteiger partial charge in [-0.3, -0.25) is 20.8 Å². The molecular formula is C54H57BF15N3O3. The van der Waals surface area contributed by atoms with Gasteiger partial charge in [-0.15, -0.1) is 0 Å². The van der Waals surface area contributed by atoms with Crippen molar-refractivity contribution in [3.8, 4) is 0 Å². The van der Waals surface area contributed by atoms with Gasteiger partial charge in [0.05, 0.1) is 42.3 Å². The first-order valence-corrected chi connectivity index (χ1v) is 22.8. The molecule has 0 atom stereocenters. The van der Waals surface area contributed by atoms with Gasteiger partial charge in [-0.25, -0.2) is 39.5 Å². The summed E-state index contributed by atoms with van der Waals surface area (Å²) in [6.45, 7) is 22.1. The summed E-state index contributed by atoms with van der Waals surface area (Å²) in [4.78, 5) is 0. The van der Waals surface area contributed by atoms with Crippen LogP contribution in [-0.4, -0.2) is 49.6 Å². The number of nitrogens with zero attached hydrogens (tertiary/aromatic N) is 3. The molecule has 0 bridgehead atoms. The molecule has 414 valence electrons. The van der Waals surface area contributed by atoms with Gasteiger partial charge < -0.3 is 15.1 Å². The van der Waals surface area contributed by atoms with Crippen LogP contribution in [0.5, 0.6) is 0 Å². The molecule has 6 nitrogen and oxygen atoms in total. The molecule has 0 amide bonds. The standard InChI is InChI=1S/3C18H19F5N.BO3/c3*1-8-7-12(11(4)10(3)9(8)2)24(5,6)18-16(22)14(20)13(19)15(21)17(18)23;2-1(3)4/h3*7H,1-6H3;/q3*+1;-3. The van der Waals surface area contributed by atoms with Gasteiger partial charge in [0, 0.05) is 34.9 Å². The molecule has 6 rings (SSSR count). The van der Waals surface area contributed by atoms with Gasteiger partial charge in [0.2, 0.25) is 104 Å². The van der Waals surface area contributed by atoms with E-state index in [0.717, 1.165) is 66.8 Å². The lowest BCUT2D eigenvalue weighted by Crippen LogP contribution is -2.56. The van der Waals surface area contributed by atoms with Crippen LogP contribution in [0, 0.1) is 170 Å². The van der Waals surface area contributed by atoms with Crippen molar-refractivity contribution in [3.05, 3.63) is 172 Å². The van der Waals surface area contributed by atoms with Crippen LogP contribution in [0.15, 0.2) is 18.2 Å². The third-order valence-corrected chi connectivity index (χ3v) is 14.4. The fourth-order valence-corrected chi connectivity index (χ4v) is 8.93. The third-order valence-electron chi connectivity index (χ3n) is 14.4. The minimum Gasteiger partial charge on any atom is -0.907 e. The Morgan fingerprint density at radius 2 is 0.382 bits per heavy atom. The van der Waals surface area contributed by atoms with Crippen molar-refractivity contribution < 1.29 is 80.9 Å². The highest BCUT2D eigenvalue weighted by Crippen LogP contribution is 2.45. The van der Waals surface area contributed by atoms with Crippen LogP contribution in [0.25, 0.3) is 0 Å². The Hall–Kier alpha value is -5.91. The maximum absolute atomic E-state index is 14.3. The highest BCUT2D eigenvalue weighted by Gasteiger charge is 2.42. The molecule has 0 aromatic heterocycles. The fraction of sp³-hybridized carbons (Fsp3) is 0.333. The molecule has 0 fully saturated rings. The Morgan fingerprint density at radius 1 is 0.250 bits per heavy atom. The van der Waals surface area contributed by atoms with E-state index in [9.17, 15) is 65.9 Å². The van der Waals surface area contributed by atoms with Gasteiger partial charge in [-0.05, 0) is 133 Å². The normalized spacial score (nSPS) is 11.7. The van der Waals surface area contributed by atoms with Crippen molar-refractivity contribution in [1.82, 2.24) is 13.4 Å². The Bertz CT molecular complexity index is 2850. The first-order valence-electron chi connectivity index (χ1n) is 22.8. The molecule has 22 heteroatoms. The van der Waals surface area contributed by atoms with E-state index < -0.39 is 125 Å². The molecule has 0 N–H and O–H groups in total. The van der Waals surface area contributed by atoms with E-state index in [0.29, 0.717) is 17.1 Å². The Morgan fingerprint density at radius 3 is 0.526 bits per heavy atom. The zero-order valence-electron chi connectivity index (χ0n) is 45.0. The number of quaternary nitrogens is 3. The van der Waals surface area contributed by atoms with Crippen LogP contribution in [0.4, 0.5) is 100.0 Å². The van der Waals surface area contributed by atoms with Gasteiger partial charge in [0.25, 0.3) is 0 Å². The lowest BCUT2D eigenvalue weighted by Gasteiger charge is -2.35. The number of hydrogen-bond acceptors (Lipinski definition) is 3. The van der Waals surface area contributed by atoms with Crippen LogP contribution in [0.2, 0.25) is 0 Å². The summed E-state index contributed by atoms with van der Waals surface area (Å²) < 4.78 is 205. The number of halogens is 15. The van der Waals surface area contributed by atoms with Crippen molar-refractivity contribution in [2.24, 2.45) is 0 Å². The molecule has 0 aliphatic heterocycles. The zero-order chi connectivity index (χ0) is 59.3. The van der Waals surface area contributed by atoms with Crippen molar-refractivity contribution in [2.75, 3.05) is 42.3 Å². The van der Waals surface area contributed by atoms with E-state index in [1.807, 2.05) is 62.3 Å². The summed E-state index contributed by atoms with van der Waals surface area (Å²) in [6, 6.07) is 5.15. The fourth-order valence-electron chi connectivity index (χ4n) is 8.93. The van der Waals surface area contributed by atoms with Gasteiger partial charge in [0.15, 0.2) is 0 Å². The Balaban J connectivity index is 0.000000289. The summed E-state index contributed by atoms with van der Waals surface area (Å²) in [5, 5.41) is 25.2. The van der Waals surface area contributed by atoms with E-state index in [1.54, 1.807) is 39.0 Å². The Kier molecular flexibility index (Phi) is 19.8. The van der Waals surface area contributed by atoms with Gasteiger partial charge in [-0.1, -0.05) is 0 Å². The predicted octanol–water partition coefficient (Wildman–Crippen LogP) is 12.6. The molecule has 0 aliphatic rings. The topological polar surface area (TPSA) is 69.2 Å². The number of hydrogen-bond donors (Lipinski definition) is 0. The molecule has 0 spiro atoms. The first kappa shape index (κ1) is 64.4. The minimum absolute atomic E-state index is 0.471. The molecule has 0 heterocycles. The van der Waals surface area contributed by atoms with Crippen LogP contribution >= 0.6 is 0 Å². The molecule has 6 aromatic rings. The summed E-state index contributed by atoms with van der Waals surface area (Å²) in [5.74, 6) is -29.0. The molecular weight excluding hydrogens is 1030 g/mol. The van der Waals surface area contributed by atoms with Crippen LogP contribution in [0.3, 0.4) is 0 Å². The molecule has 76 heavy (non-hydrogen) atoms. The van der Waals surface area contributed by atoms with E-state index in [4.69, 9.17) is 15.1 Å². The van der Waals surface area contributed by atoms with Gasteiger partial charge in [-0.2, -0.15) is 26.3 Å². The first-order chi connectivity index (χ1) is 34.5. The summed E-state index contributed by atoms with van der Waals surface area (Å²) in [7, 11) is 5.47. The average Bonchev–Trinajstić information content (AvgIpc) is 3.33. The van der Waals surface area contributed by atoms with E-state index in [1.165, 1.54) is 42.3 Å². The van der Waals surface area contributed by atoms with E-state index >= 15 is 0 Å². The highest BCUT2D eigenvalue weighted by molar-refractivity contribution is 6.24. The summed E-state index contributed by atoms with van der Waals surface area (Å²) >= 11 is 0. The SMILES string of the molecule is Cc1cc([N+](C)(C)c2c(F)c(F)c(F)c(F)c2F)c(C)c(C)c1C.Cc1cc([N+](C)(C)c2c(F)c(F)c(F)c(F)c2F)c(C)c(C)c1C.Cc1cc([N+](C)(C)c2c(F)c(F)c(F)c(F)c2F)c(C)c(C)c1C.[O-]B([O-])[O-]. The van der Waals surface area contributed by atoms with Crippen LogP contribution in [0.1, 0.15) is 66.8 Å². The smallest absolute Gasteiger partial charge is 0.226 e. The van der Waals surface area contributed by atoms with Crippen molar-refractivity contribution in [1.29, 1.82) is 0 Å². The van der Waals surface area contributed by atoms with Crippen LogP contribution in [-0.2, 0) is 0 Å². The second kappa shape index (κ2) is 23.4. The second-order valence-corrected chi connectivity index (χ2v) is 19.7. The lowest BCUT2D eigenvalue weighted by atomic mass is 9.96. The zero-order valence-corrected chi connectivity index (χ0v) is 45.0. The van der Waals surface area contributed by atoms with Gasteiger partial charge >= 0.3 is 0 Å².